The fourth-order valence-electron chi connectivity index (χ4n) is 2.69. The minimum absolute atomic E-state index is 0.0456. The van der Waals surface area contributed by atoms with Crippen LogP contribution in [0.15, 0.2) is 4.99 Å². The van der Waals surface area contributed by atoms with Crippen LogP contribution in [0, 0.1) is 5.92 Å². The Bertz CT molecular complexity index is 759. The molecule has 194 valence electrons. The molecule has 0 saturated carbocycles. The number of nitrogens with one attached hydrogen (secondary N) is 3. The maximum atomic E-state index is 12.7. The summed E-state index contributed by atoms with van der Waals surface area (Å²) in [4.78, 5) is 63.4. The summed E-state index contributed by atoms with van der Waals surface area (Å²) >= 11 is 4.05. The molecule has 0 saturated heterocycles. The molecule has 0 spiro atoms. The minimum atomic E-state index is -1.27. The van der Waals surface area contributed by atoms with Crippen molar-refractivity contribution in [3.63, 3.8) is 0 Å². The van der Waals surface area contributed by atoms with Crippen molar-refractivity contribution in [2.75, 3.05) is 12.3 Å². The molecule has 0 heterocycles. The molecule has 0 aliphatic carbocycles. The van der Waals surface area contributed by atoms with Gasteiger partial charge in [0.05, 0.1) is 6.04 Å². The molecule has 0 radical (unpaired) electrons. The molecule has 0 aliphatic rings. The summed E-state index contributed by atoms with van der Waals surface area (Å²) in [5.41, 5.74) is 16.1. The standard InChI is InChI=1S/C19H35N7O7S/c1-9(2)14(26-15(29)10(20)5-6-13(27)28)17(31)25-12(8-34)16(30)24-11(18(32)33)4-3-7-23-19(21)22/h9-12,14,34H,3-8,20H2,1-2H3,(H,24,30)(H,25,31)(H,26,29)(H,27,28)(H,32,33)(H4,21,22,23). The molecular weight excluding hydrogens is 470 g/mol. The van der Waals surface area contributed by atoms with Crippen LogP contribution in [0.25, 0.3) is 0 Å². The average Bonchev–Trinajstić information content (AvgIpc) is 2.74. The number of carbonyl (C=O) groups is 5. The normalized spacial score (nSPS) is 14.3. The van der Waals surface area contributed by atoms with Crippen LogP contribution in [0.4, 0.5) is 0 Å². The molecule has 3 amide bonds. The molecule has 11 N–H and O–H groups in total. The van der Waals surface area contributed by atoms with Crippen LogP contribution in [0.5, 0.6) is 0 Å². The summed E-state index contributed by atoms with van der Waals surface area (Å²) in [7, 11) is 0. The highest BCUT2D eigenvalue weighted by Crippen LogP contribution is 2.06. The first-order valence-corrected chi connectivity index (χ1v) is 11.2. The number of thiol groups is 1. The third-order valence-corrected chi connectivity index (χ3v) is 4.99. The van der Waals surface area contributed by atoms with Crippen LogP contribution in [-0.2, 0) is 24.0 Å². The van der Waals surface area contributed by atoms with E-state index in [-0.39, 0.29) is 43.9 Å². The van der Waals surface area contributed by atoms with Gasteiger partial charge in [-0.2, -0.15) is 12.6 Å². The number of amides is 3. The molecule has 4 unspecified atom stereocenters. The number of aliphatic carboxylic acids is 2. The first-order valence-electron chi connectivity index (χ1n) is 10.6. The van der Waals surface area contributed by atoms with Crippen LogP contribution in [0.2, 0.25) is 0 Å². The largest absolute Gasteiger partial charge is 0.481 e. The van der Waals surface area contributed by atoms with Gasteiger partial charge in [0, 0.05) is 18.7 Å². The fraction of sp³-hybridized carbons (Fsp3) is 0.684. The van der Waals surface area contributed by atoms with Crippen LogP contribution >= 0.6 is 12.6 Å². The molecule has 0 bridgehead atoms. The van der Waals surface area contributed by atoms with E-state index < -0.39 is 59.7 Å². The summed E-state index contributed by atoms with van der Waals surface area (Å²) in [6.07, 6.45) is -0.0958. The number of nitrogens with zero attached hydrogens (tertiary/aromatic N) is 1. The van der Waals surface area contributed by atoms with Crippen LogP contribution < -0.4 is 33.2 Å². The molecule has 34 heavy (non-hydrogen) atoms. The number of carboxylic acid groups (broad SMARTS) is 2. The number of rotatable bonds is 16. The number of aliphatic imine (C=N–C) groups is 1. The van der Waals surface area contributed by atoms with Gasteiger partial charge in [-0.05, 0) is 25.2 Å². The van der Waals surface area contributed by atoms with E-state index in [2.05, 4.69) is 33.6 Å². The van der Waals surface area contributed by atoms with Crippen molar-refractivity contribution in [1.29, 1.82) is 0 Å². The van der Waals surface area contributed by atoms with E-state index in [1.165, 1.54) is 0 Å². The van der Waals surface area contributed by atoms with Gasteiger partial charge >= 0.3 is 11.9 Å². The summed E-state index contributed by atoms with van der Waals surface area (Å²) in [6, 6.07) is -4.64. The van der Waals surface area contributed by atoms with Crippen molar-refractivity contribution in [3.8, 4) is 0 Å². The summed E-state index contributed by atoms with van der Waals surface area (Å²) in [5.74, 6) is -5.26. The quantitative estimate of drug-likeness (QED) is 0.0456. The molecular formula is C19H35N7O7S. The molecule has 0 aromatic carbocycles. The monoisotopic (exact) mass is 505 g/mol. The van der Waals surface area contributed by atoms with Crippen molar-refractivity contribution in [2.24, 2.45) is 28.1 Å². The number of hydrogen-bond donors (Lipinski definition) is 9. The second-order valence-electron chi connectivity index (χ2n) is 7.86. The highest BCUT2D eigenvalue weighted by Gasteiger charge is 2.31. The Labute approximate surface area is 202 Å². The van der Waals surface area contributed by atoms with Gasteiger partial charge in [-0.25, -0.2) is 4.79 Å². The number of carboxylic acids is 2. The highest BCUT2D eigenvalue weighted by atomic mass is 32.1. The van der Waals surface area contributed by atoms with Gasteiger partial charge in [0.25, 0.3) is 0 Å². The predicted octanol–water partition coefficient (Wildman–Crippen LogP) is -2.64. The minimum Gasteiger partial charge on any atom is -0.481 e. The Morgan fingerprint density at radius 2 is 1.50 bits per heavy atom. The van der Waals surface area contributed by atoms with Crippen LogP contribution in [-0.4, -0.2) is 82.3 Å². The zero-order valence-electron chi connectivity index (χ0n) is 19.2. The van der Waals surface area contributed by atoms with Crippen molar-refractivity contribution in [3.05, 3.63) is 0 Å². The zero-order valence-corrected chi connectivity index (χ0v) is 20.1. The van der Waals surface area contributed by atoms with E-state index in [1.807, 2.05) is 0 Å². The van der Waals surface area contributed by atoms with Gasteiger partial charge in [-0.3, -0.25) is 24.2 Å². The van der Waals surface area contributed by atoms with Crippen molar-refractivity contribution in [2.45, 2.75) is 63.7 Å². The van der Waals surface area contributed by atoms with Gasteiger partial charge in [0.2, 0.25) is 17.7 Å². The van der Waals surface area contributed by atoms with Gasteiger partial charge in [-0.1, -0.05) is 13.8 Å². The van der Waals surface area contributed by atoms with Gasteiger partial charge in [0.15, 0.2) is 5.96 Å². The van der Waals surface area contributed by atoms with E-state index in [1.54, 1.807) is 13.8 Å². The first-order chi connectivity index (χ1) is 15.8. The van der Waals surface area contributed by atoms with Crippen LogP contribution in [0.3, 0.4) is 0 Å². The lowest BCUT2D eigenvalue weighted by molar-refractivity contribution is -0.142. The second kappa shape index (κ2) is 15.7. The number of guanidine groups is 1. The maximum absolute atomic E-state index is 12.7. The Kier molecular flexibility index (Phi) is 14.3. The molecule has 14 nitrogen and oxygen atoms in total. The summed E-state index contributed by atoms with van der Waals surface area (Å²) in [5, 5.41) is 25.3. The van der Waals surface area contributed by atoms with E-state index in [4.69, 9.17) is 22.3 Å². The number of nitrogens with two attached hydrogens (primary N) is 3. The van der Waals surface area contributed by atoms with Crippen molar-refractivity contribution >= 4 is 48.2 Å². The van der Waals surface area contributed by atoms with E-state index in [9.17, 15) is 29.1 Å². The summed E-state index contributed by atoms with van der Waals surface area (Å²) in [6.45, 7) is 3.49. The van der Waals surface area contributed by atoms with Crippen LogP contribution in [0.1, 0.15) is 39.5 Å². The van der Waals surface area contributed by atoms with Gasteiger partial charge < -0.3 is 43.4 Å². The average molecular weight is 506 g/mol. The predicted molar refractivity (Wildman–Crippen MR) is 127 cm³/mol. The highest BCUT2D eigenvalue weighted by molar-refractivity contribution is 7.80. The van der Waals surface area contributed by atoms with E-state index in [0.29, 0.717) is 0 Å². The summed E-state index contributed by atoms with van der Waals surface area (Å²) < 4.78 is 0. The molecule has 4 atom stereocenters. The lowest BCUT2D eigenvalue weighted by atomic mass is 10.0. The molecule has 0 aromatic rings. The molecule has 15 heteroatoms. The molecule has 0 aromatic heterocycles. The molecule has 0 fully saturated rings. The van der Waals surface area contributed by atoms with Gasteiger partial charge in [0.1, 0.15) is 18.1 Å². The smallest absolute Gasteiger partial charge is 0.326 e. The fourth-order valence-corrected chi connectivity index (χ4v) is 2.95. The zero-order chi connectivity index (χ0) is 26.4. The maximum Gasteiger partial charge on any atom is 0.326 e. The topological polar surface area (TPSA) is 252 Å². The van der Waals surface area contributed by atoms with E-state index in [0.717, 1.165) is 0 Å². The second-order valence-corrected chi connectivity index (χ2v) is 8.23. The van der Waals surface area contributed by atoms with E-state index >= 15 is 0 Å². The lowest BCUT2D eigenvalue weighted by Crippen LogP contribution is -2.58. The number of carbonyl (C=O) groups excluding carboxylic acids is 3. The van der Waals surface area contributed by atoms with Gasteiger partial charge in [-0.15, -0.1) is 0 Å². The Morgan fingerprint density at radius 1 is 0.912 bits per heavy atom. The molecule has 0 rings (SSSR count). The Morgan fingerprint density at radius 3 is 1.97 bits per heavy atom. The Hall–Kier alpha value is -3.07. The lowest BCUT2D eigenvalue weighted by Gasteiger charge is -2.26. The van der Waals surface area contributed by atoms with Crippen molar-refractivity contribution in [1.82, 2.24) is 16.0 Å². The van der Waals surface area contributed by atoms with Crippen molar-refractivity contribution < 1.29 is 34.2 Å². The third kappa shape index (κ3) is 12.2. The molecule has 0 aliphatic heterocycles. The third-order valence-electron chi connectivity index (χ3n) is 4.63. The SMILES string of the molecule is CC(C)C(NC(=O)C(N)CCC(=O)O)C(=O)NC(CS)C(=O)NC(CCCN=C(N)N)C(=O)O. The first kappa shape index (κ1) is 30.9. The Balaban J connectivity index is 5.10. The number of hydrogen-bond acceptors (Lipinski definition) is 8.